The van der Waals surface area contributed by atoms with E-state index in [1.54, 1.807) is 4.68 Å². The van der Waals surface area contributed by atoms with Crippen LogP contribution >= 0.6 is 0 Å². The molecule has 2 rings (SSSR count). The molecule has 90 valence electrons. The molecule has 0 bridgehead atoms. The first kappa shape index (κ1) is 11.4. The first-order valence-electron chi connectivity index (χ1n) is 5.49. The number of nitrogens with zero attached hydrogens (tertiary/aromatic N) is 2. The minimum atomic E-state index is -2.96. The third-order valence-electron chi connectivity index (χ3n) is 2.94. The molecule has 6 heteroatoms. The van der Waals surface area contributed by atoms with Crippen LogP contribution < -0.4 is 5.73 Å². The summed E-state index contributed by atoms with van der Waals surface area (Å²) in [6, 6.07) is 0. The van der Waals surface area contributed by atoms with Crippen LogP contribution in [0.25, 0.3) is 0 Å². The summed E-state index contributed by atoms with van der Waals surface area (Å²) < 4.78 is 23.8. The smallest absolute Gasteiger partial charge is 0.149 e. The molecule has 2 N–H and O–H groups in total. The van der Waals surface area contributed by atoms with E-state index >= 15 is 0 Å². The molecule has 0 unspecified atom stereocenters. The zero-order valence-corrected chi connectivity index (χ0v) is 10.3. The molecule has 1 aromatic heterocycles. The number of sulfone groups is 1. The topological polar surface area (TPSA) is 78.0 Å². The molecule has 0 saturated heterocycles. The second-order valence-electron chi connectivity index (χ2n) is 4.37. The highest BCUT2D eigenvalue weighted by atomic mass is 32.2. The maximum absolute atomic E-state index is 11.1. The highest BCUT2D eigenvalue weighted by Crippen LogP contribution is 2.25. The fourth-order valence-electron chi connectivity index (χ4n) is 2.05. The Morgan fingerprint density at radius 3 is 2.69 bits per heavy atom. The fraction of sp³-hybridized carbons (Fsp3) is 0.700. The Labute approximate surface area is 95.6 Å². The normalized spacial score (nSPS) is 16.1. The Morgan fingerprint density at radius 1 is 1.38 bits per heavy atom. The van der Waals surface area contributed by atoms with Gasteiger partial charge in [-0.1, -0.05) is 0 Å². The molecule has 0 spiro atoms. The molecule has 1 heterocycles. The van der Waals surface area contributed by atoms with Crippen molar-refractivity contribution >= 4 is 15.7 Å². The van der Waals surface area contributed by atoms with Crippen molar-refractivity contribution in [1.82, 2.24) is 9.78 Å². The third kappa shape index (κ3) is 2.37. The van der Waals surface area contributed by atoms with Crippen LogP contribution in [0.5, 0.6) is 0 Å². The average Bonchev–Trinajstić information content (AvgIpc) is 2.53. The Balaban J connectivity index is 2.19. The highest BCUT2D eigenvalue weighted by Gasteiger charge is 2.18. The van der Waals surface area contributed by atoms with Crippen molar-refractivity contribution in [3.8, 4) is 0 Å². The predicted octanol–water partition coefficient (Wildman–Crippen LogP) is 0.389. The Morgan fingerprint density at radius 2 is 2.06 bits per heavy atom. The predicted molar refractivity (Wildman–Crippen MR) is 63.0 cm³/mol. The van der Waals surface area contributed by atoms with Gasteiger partial charge in [0.25, 0.3) is 0 Å². The molecule has 0 atom stereocenters. The van der Waals surface area contributed by atoms with Crippen LogP contribution in [0.3, 0.4) is 0 Å². The Hall–Kier alpha value is -1.04. The Kier molecular flexibility index (Phi) is 2.92. The van der Waals surface area contributed by atoms with Gasteiger partial charge in [-0.25, -0.2) is 13.1 Å². The first-order chi connectivity index (χ1) is 7.47. The average molecular weight is 243 g/mol. The molecule has 1 aliphatic carbocycles. The molecule has 16 heavy (non-hydrogen) atoms. The lowest BCUT2D eigenvalue weighted by atomic mass is 9.98. The van der Waals surface area contributed by atoms with E-state index in [9.17, 15) is 8.42 Å². The summed E-state index contributed by atoms with van der Waals surface area (Å²) in [6.45, 7) is 0.359. The number of nitrogens with two attached hydrogens (primary N) is 1. The lowest BCUT2D eigenvalue weighted by Gasteiger charge is -2.08. The number of aromatic nitrogens is 2. The largest absolute Gasteiger partial charge is 0.384 e. The van der Waals surface area contributed by atoms with Crippen LogP contribution in [-0.4, -0.2) is 30.2 Å². The van der Waals surface area contributed by atoms with E-state index in [4.69, 9.17) is 5.73 Å². The molecule has 1 aliphatic rings. The van der Waals surface area contributed by atoms with Gasteiger partial charge in [-0.05, 0) is 25.7 Å². The van der Waals surface area contributed by atoms with Crippen molar-refractivity contribution < 1.29 is 8.42 Å². The molecular weight excluding hydrogens is 226 g/mol. The van der Waals surface area contributed by atoms with E-state index in [0.717, 1.165) is 36.9 Å². The maximum atomic E-state index is 11.1. The van der Waals surface area contributed by atoms with Gasteiger partial charge in [0.2, 0.25) is 0 Å². The number of hydrogen-bond donors (Lipinski definition) is 1. The van der Waals surface area contributed by atoms with Crippen molar-refractivity contribution in [3.05, 3.63) is 11.3 Å². The van der Waals surface area contributed by atoms with E-state index < -0.39 is 9.84 Å². The van der Waals surface area contributed by atoms with Gasteiger partial charge in [0.1, 0.15) is 15.7 Å². The van der Waals surface area contributed by atoms with Crippen molar-refractivity contribution in [3.63, 3.8) is 0 Å². The standard InChI is InChI=1S/C10H17N3O2S/c1-16(14,15)7-6-13-10(11)8-4-2-3-5-9(8)12-13/h2-7,11H2,1H3. The summed E-state index contributed by atoms with van der Waals surface area (Å²) in [5.41, 5.74) is 8.14. The zero-order valence-electron chi connectivity index (χ0n) is 9.44. The van der Waals surface area contributed by atoms with Crippen LogP contribution in [0.15, 0.2) is 0 Å². The van der Waals surface area contributed by atoms with E-state index in [2.05, 4.69) is 5.10 Å². The molecular formula is C10H17N3O2S. The lowest BCUT2D eigenvalue weighted by molar-refractivity contribution is 0.585. The number of aryl methyl sites for hydroxylation is 2. The summed E-state index contributed by atoms with van der Waals surface area (Å²) in [5, 5.41) is 4.38. The number of hydrogen-bond acceptors (Lipinski definition) is 4. The van der Waals surface area contributed by atoms with Gasteiger partial charge in [0.15, 0.2) is 0 Å². The van der Waals surface area contributed by atoms with Gasteiger partial charge in [-0.3, -0.25) is 0 Å². The SMILES string of the molecule is CS(=O)(=O)CCn1nc2c(c1N)CCCC2. The summed E-state index contributed by atoms with van der Waals surface area (Å²) in [7, 11) is -2.96. The second kappa shape index (κ2) is 4.08. The fourth-order valence-corrected chi connectivity index (χ4v) is 2.56. The summed E-state index contributed by atoms with van der Waals surface area (Å²) >= 11 is 0. The summed E-state index contributed by atoms with van der Waals surface area (Å²) in [4.78, 5) is 0. The minimum Gasteiger partial charge on any atom is -0.384 e. The first-order valence-corrected chi connectivity index (χ1v) is 7.55. The van der Waals surface area contributed by atoms with Crippen molar-refractivity contribution in [2.45, 2.75) is 32.2 Å². The van der Waals surface area contributed by atoms with Crippen molar-refractivity contribution in [2.24, 2.45) is 0 Å². The van der Waals surface area contributed by atoms with Gasteiger partial charge in [0.05, 0.1) is 18.0 Å². The lowest BCUT2D eigenvalue weighted by Crippen LogP contribution is -2.14. The summed E-state index contributed by atoms with van der Waals surface area (Å²) in [5.74, 6) is 0.746. The van der Waals surface area contributed by atoms with Crippen LogP contribution in [0.4, 0.5) is 5.82 Å². The molecule has 5 nitrogen and oxygen atoms in total. The number of anilines is 1. The zero-order chi connectivity index (χ0) is 11.8. The van der Waals surface area contributed by atoms with E-state index in [1.807, 2.05) is 0 Å². The number of fused-ring (bicyclic) bond motifs is 1. The number of rotatable bonds is 3. The van der Waals surface area contributed by atoms with E-state index in [-0.39, 0.29) is 5.75 Å². The Bertz CT molecular complexity index is 490. The molecule has 0 amide bonds. The molecule has 0 aromatic carbocycles. The molecule has 0 saturated carbocycles. The minimum absolute atomic E-state index is 0.0950. The van der Waals surface area contributed by atoms with E-state index in [1.165, 1.54) is 6.26 Å². The molecule has 0 aliphatic heterocycles. The van der Waals surface area contributed by atoms with Gasteiger partial charge in [-0.15, -0.1) is 0 Å². The highest BCUT2D eigenvalue weighted by molar-refractivity contribution is 7.90. The van der Waals surface area contributed by atoms with Gasteiger partial charge in [0, 0.05) is 11.8 Å². The second-order valence-corrected chi connectivity index (χ2v) is 6.63. The van der Waals surface area contributed by atoms with Crippen LogP contribution in [0.1, 0.15) is 24.1 Å². The van der Waals surface area contributed by atoms with Crippen LogP contribution in [-0.2, 0) is 29.2 Å². The monoisotopic (exact) mass is 243 g/mol. The molecule has 0 radical (unpaired) electrons. The van der Waals surface area contributed by atoms with E-state index in [0.29, 0.717) is 12.4 Å². The third-order valence-corrected chi connectivity index (χ3v) is 3.87. The van der Waals surface area contributed by atoms with Gasteiger partial charge in [-0.2, -0.15) is 5.10 Å². The maximum Gasteiger partial charge on any atom is 0.149 e. The summed E-state index contributed by atoms with van der Waals surface area (Å²) in [6.07, 6.45) is 5.46. The van der Waals surface area contributed by atoms with Gasteiger partial charge >= 0.3 is 0 Å². The quantitative estimate of drug-likeness (QED) is 0.833. The van der Waals surface area contributed by atoms with Crippen molar-refractivity contribution in [1.29, 1.82) is 0 Å². The number of nitrogen functional groups attached to an aromatic ring is 1. The molecule has 0 fully saturated rings. The van der Waals surface area contributed by atoms with Crippen LogP contribution in [0.2, 0.25) is 0 Å². The van der Waals surface area contributed by atoms with Crippen molar-refractivity contribution in [2.75, 3.05) is 17.7 Å². The van der Waals surface area contributed by atoms with Gasteiger partial charge < -0.3 is 5.73 Å². The van der Waals surface area contributed by atoms with Crippen LogP contribution in [0, 0.1) is 0 Å². The molecule has 1 aromatic rings.